The summed E-state index contributed by atoms with van der Waals surface area (Å²) in [5.74, 6) is 1.15. The lowest BCUT2D eigenvalue weighted by atomic mass is 9.94. The molecule has 5 nitrogen and oxygen atoms in total. The third-order valence-corrected chi connectivity index (χ3v) is 5.70. The molecule has 5 heteroatoms. The van der Waals surface area contributed by atoms with E-state index in [0.29, 0.717) is 16.9 Å². The summed E-state index contributed by atoms with van der Waals surface area (Å²) in [6, 6.07) is 10.6. The summed E-state index contributed by atoms with van der Waals surface area (Å²) in [6.07, 6.45) is 8.50. The van der Waals surface area contributed by atoms with Gasteiger partial charge >= 0.3 is 0 Å². The number of anilines is 1. The first-order chi connectivity index (χ1) is 15.3. The first kappa shape index (κ1) is 25.1. The first-order valence-electron chi connectivity index (χ1n) is 11.4. The summed E-state index contributed by atoms with van der Waals surface area (Å²) >= 11 is 0. The van der Waals surface area contributed by atoms with Gasteiger partial charge in [0.05, 0.1) is 18.8 Å². The van der Waals surface area contributed by atoms with E-state index in [9.17, 15) is 10.5 Å². The SMILES string of the molecule is CCCCN(CCCC)c1ccc(/C=C/C2=C(C#N)C(=C(\C)C#N)/OC2(C)C)c(OC)c1. The summed E-state index contributed by atoms with van der Waals surface area (Å²) < 4.78 is 11.7. The van der Waals surface area contributed by atoms with Crippen LogP contribution in [-0.4, -0.2) is 25.8 Å². The fraction of sp³-hybridized carbons (Fsp3) is 0.481. The van der Waals surface area contributed by atoms with Gasteiger partial charge in [-0.05, 0) is 45.7 Å². The minimum Gasteiger partial charge on any atom is -0.496 e. The first-order valence-corrected chi connectivity index (χ1v) is 11.4. The van der Waals surface area contributed by atoms with Crippen molar-refractivity contribution in [3.63, 3.8) is 0 Å². The lowest BCUT2D eigenvalue weighted by Gasteiger charge is -2.25. The van der Waals surface area contributed by atoms with Gasteiger partial charge in [0.15, 0.2) is 5.76 Å². The molecule has 0 atom stereocenters. The number of unbranched alkanes of at least 4 members (excludes halogenated alkanes) is 2. The predicted molar refractivity (Wildman–Crippen MR) is 130 cm³/mol. The second kappa shape index (κ2) is 11.4. The maximum atomic E-state index is 9.73. The van der Waals surface area contributed by atoms with E-state index < -0.39 is 5.60 Å². The molecule has 0 aliphatic carbocycles. The molecule has 0 unspecified atom stereocenters. The summed E-state index contributed by atoms with van der Waals surface area (Å²) in [7, 11) is 1.68. The van der Waals surface area contributed by atoms with Crippen molar-refractivity contribution in [2.45, 2.75) is 65.9 Å². The van der Waals surface area contributed by atoms with Crippen molar-refractivity contribution in [2.24, 2.45) is 0 Å². The van der Waals surface area contributed by atoms with Crippen molar-refractivity contribution in [1.29, 1.82) is 10.5 Å². The quantitative estimate of drug-likeness (QED) is 0.392. The molecule has 2 rings (SSSR count). The zero-order valence-electron chi connectivity index (χ0n) is 20.3. The fourth-order valence-corrected chi connectivity index (χ4v) is 3.77. The number of nitrogens with zero attached hydrogens (tertiary/aromatic N) is 3. The predicted octanol–water partition coefficient (Wildman–Crippen LogP) is 6.54. The van der Waals surface area contributed by atoms with Crippen LogP contribution in [0.1, 0.15) is 65.9 Å². The van der Waals surface area contributed by atoms with E-state index in [-0.39, 0.29) is 0 Å². The zero-order chi connectivity index (χ0) is 23.7. The van der Waals surface area contributed by atoms with Gasteiger partial charge in [-0.2, -0.15) is 10.5 Å². The number of hydrogen-bond acceptors (Lipinski definition) is 5. The van der Waals surface area contributed by atoms with Gasteiger partial charge in [0.25, 0.3) is 0 Å². The molecule has 1 aliphatic rings. The highest BCUT2D eigenvalue weighted by atomic mass is 16.5. The highest BCUT2D eigenvalue weighted by molar-refractivity contribution is 5.68. The normalized spacial score (nSPS) is 16.5. The Morgan fingerprint density at radius 3 is 2.31 bits per heavy atom. The van der Waals surface area contributed by atoms with Crippen molar-refractivity contribution in [2.75, 3.05) is 25.1 Å². The minimum atomic E-state index is -0.695. The van der Waals surface area contributed by atoms with Crippen LogP contribution in [0.3, 0.4) is 0 Å². The second-order valence-electron chi connectivity index (χ2n) is 8.53. The lowest BCUT2D eigenvalue weighted by Crippen LogP contribution is -2.25. The van der Waals surface area contributed by atoms with Crippen molar-refractivity contribution >= 4 is 11.8 Å². The van der Waals surface area contributed by atoms with Gasteiger partial charge in [-0.1, -0.05) is 38.8 Å². The topological polar surface area (TPSA) is 69.3 Å². The van der Waals surface area contributed by atoms with Gasteiger partial charge in [0.2, 0.25) is 0 Å². The molecule has 1 aromatic carbocycles. The Morgan fingerprint density at radius 1 is 1.12 bits per heavy atom. The third kappa shape index (κ3) is 5.74. The maximum Gasteiger partial charge on any atom is 0.152 e. The largest absolute Gasteiger partial charge is 0.496 e. The van der Waals surface area contributed by atoms with Gasteiger partial charge in [0.1, 0.15) is 23.0 Å². The van der Waals surface area contributed by atoms with E-state index in [0.717, 1.165) is 61.3 Å². The average molecular weight is 434 g/mol. The summed E-state index contributed by atoms with van der Waals surface area (Å²) in [5, 5.41) is 19.0. The Balaban J connectivity index is 2.42. The van der Waals surface area contributed by atoms with E-state index in [1.54, 1.807) is 14.0 Å². The Kier molecular flexibility index (Phi) is 8.97. The van der Waals surface area contributed by atoms with Gasteiger partial charge in [-0.3, -0.25) is 0 Å². The Morgan fingerprint density at radius 2 is 1.78 bits per heavy atom. The molecule has 32 heavy (non-hydrogen) atoms. The fourth-order valence-electron chi connectivity index (χ4n) is 3.77. The van der Waals surface area contributed by atoms with Gasteiger partial charge < -0.3 is 14.4 Å². The van der Waals surface area contributed by atoms with Gasteiger partial charge in [-0.25, -0.2) is 0 Å². The molecule has 1 aromatic rings. The monoisotopic (exact) mass is 433 g/mol. The molecule has 0 aromatic heterocycles. The Bertz CT molecular complexity index is 979. The minimum absolute atomic E-state index is 0.365. The number of methoxy groups -OCH3 is 1. The van der Waals surface area contributed by atoms with Gasteiger partial charge in [-0.15, -0.1) is 0 Å². The molecule has 0 radical (unpaired) electrons. The molecule has 0 saturated heterocycles. The molecule has 0 N–H and O–H groups in total. The second-order valence-corrected chi connectivity index (χ2v) is 8.53. The van der Waals surface area contributed by atoms with E-state index in [1.807, 2.05) is 26.0 Å². The van der Waals surface area contributed by atoms with Crippen LogP contribution in [-0.2, 0) is 4.74 Å². The van der Waals surface area contributed by atoms with Crippen molar-refractivity contribution in [3.8, 4) is 17.9 Å². The average Bonchev–Trinajstić information content (AvgIpc) is 3.06. The number of rotatable bonds is 10. The molecule has 0 saturated carbocycles. The number of allylic oxidation sites excluding steroid dienone is 2. The van der Waals surface area contributed by atoms with Crippen molar-refractivity contribution in [3.05, 3.63) is 52.3 Å². The molecule has 0 bridgehead atoms. The molecule has 1 aliphatic heterocycles. The maximum absolute atomic E-state index is 9.73. The van der Waals surface area contributed by atoms with Crippen LogP contribution in [0.2, 0.25) is 0 Å². The van der Waals surface area contributed by atoms with Crippen LogP contribution < -0.4 is 9.64 Å². The summed E-state index contributed by atoms with van der Waals surface area (Å²) in [4.78, 5) is 2.43. The molecule has 1 heterocycles. The van der Waals surface area contributed by atoms with Crippen LogP contribution in [0, 0.1) is 22.7 Å². The van der Waals surface area contributed by atoms with Crippen molar-refractivity contribution < 1.29 is 9.47 Å². The van der Waals surface area contributed by atoms with Crippen LogP contribution in [0.5, 0.6) is 5.75 Å². The Hall–Kier alpha value is -3.18. The molecule has 0 spiro atoms. The molecular weight excluding hydrogens is 398 g/mol. The van der Waals surface area contributed by atoms with Crippen molar-refractivity contribution in [1.82, 2.24) is 0 Å². The summed E-state index contributed by atoms with van der Waals surface area (Å²) in [5.41, 5.74) is 2.96. The van der Waals surface area contributed by atoms with Crippen LogP contribution in [0.25, 0.3) is 6.08 Å². The highest BCUT2D eigenvalue weighted by Gasteiger charge is 2.37. The van der Waals surface area contributed by atoms with Crippen LogP contribution >= 0.6 is 0 Å². The summed E-state index contributed by atoms with van der Waals surface area (Å²) in [6.45, 7) is 12.0. The molecule has 0 amide bonds. The zero-order valence-corrected chi connectivity index (χ0v) is 20.3. The van der Waals surface area contributed by atoms with Crippen LogP contribution in [0.15, 0.2) is 46.8 Å². The molecular formula is C27H35N3O2. The standard InChI is InChI=1S/C27H35N3O2/c1-7-9-15-30(16-10-8-2)22-13-11-21(25(17-22)31-6)12-14-24-23(19-29)26(20(3)18-28)32-27(24,4)5/h11-14,17H,7-10,15-16H2,1-6H3/b14-12+,26-20-. The van der Waals surface area contributed by atoms with Gasteiger partial charge in [0, 0.05) is 36.0 Å². The number of nitriles is 2. The van der Waals surface area contributed by atoms with E-state index in [1.165, 1.54) is 0 Å². The van der Waals surface area contributed by atoms with E-state index in [4.69, 9.17) is 9.47 Å². The van der Waals surface area contributed by atoms with E-state index >= 15 is 0 Å². The highest BCUT2D eigenvalue weighted by Crippen LogP contribution is 2.40. The Labute approximate surface area is 193 Å². The number of hydrogen-bond donors (Lipinski definition) is 0. The lowest BCUT2D eigenvalue weighted by molar-refractivity contribution is 0.0949. The van der Waals surface area contributed by atoms with E-state index in [2.05, 4.69) is 49.1 Å². The van der Waals surface area contributed by atoms with Crippen LogP contribution in [0.4, 0.5) is 5.69 Å². The number of ether oxygens (including phenoxy) is 2. The number of benzene rings is 1. The molecule has 0 fully saturated rings. The smallest absolute Gasteiger partial charge is 0.152 e. The molecule has 170 valence electrons. The third-order valence-electron chi connectivity index (χ3n) is 5.70.